The zero-order chi connectivity index (χ0) is 20.1. The molecule has 1 atom stereocenters. The summed E-state index contributed by atoms with van der Waals surface area (Å²) in [4.78, 5) is 23.7. The minimum absolute atomic E-state index is 0.0391. The van der Waals surface area contributed by atoms with E-state index in [2.05, 4.69) is 39.2 Å². The van der Waals surface area contributed by atoms with Gasteiger partial charge in [-0.2, -0.15) is 0 Å². The van der Waals surface area contributed by atoms with Crippen molar-refractivity contribution in [2.75, 3.05) is 57.3 Å². The van der Waals surface area contributed by atoms with Crippen LogP contribution in [-0.4, -0.2) is 84.9 Å². The van der Waals surface area contributed by atoms with Crippen LogP contribution in [0.3, 0.4) is 0 Å². The highest BCUT2D eigenvalue weighted by atomic mass is 16.5. The lowest BCUT2D eigenvalue weighted by atomic mass is 9.81. The standard InChI is InChI=1S/C22H35N5O2/c1-2-9-24-21(28)27-11-7-22(8-12-27)18-19(6-17-29-22)25-13-15-26(16-14-25)20-5-3-4-10-23-20/h3-5,10,19H,2,6-9,11-18H2,1H3,(H,24,28)/t19-/m0/s1. The number of rotatable bonds is 4. The fourth-order valence-corrected chi connectivity index (χ4v) is 4.98. The Labute approximate surface area is 174 Å². The van der Waals surface area contributed by atoms with Crippen LogP contribution in [0.15, 0.2) is 24.4 Å². The van der Waals surface area contributed by atoms with E-state index >= 15 is 0 Å². The topological polar surface area (TPSA) is 60.9 Å². The molecule has 1 aromatic rings. The van der Waals surface area contributed by atoms with Crippen LogP contribution in [-0.2, 0) is 4.74 Å². The molecule has 7 nitrogen and oxygen atoms in total. The molecule has 4 rings (SSSR count). The zero-order valence-electron chi connectivity index (χ0n) is 17.7. The Balaban J connectivity index is 1.28. The third kappa shape index (κ3) is 4.83. The maximum atomic E-state index is 12.2. The van der Waals surface area contributed by atoms with Gasteiger partial charge >= 0.3 is 6.03 Å². The summed E-state index contributed by atoms with van der Waals surface area (Å²) in [6, 6.07) is 6.81. The van der Waals surface area contributed by atoms with E-state index in [9.17, 15) is 4.79 Å². The molecule has 29 heavy (non-hydrogen) atoms. The third-order valence-electron chi connectivity index (χ3n) is 6.76. The van der Waals surface area contributed by atoms with Gasteiger partial charge in [0, 0.05) is 64.7 Å². The Morgan fingerprint density at radius 1 is 1.21 bits per heavy atom. The average Bonchev–Trinajstić information content (AvgIpc) is 2.79. The van der Waals surface area contributed by atoms with E-state index in [0.717, 1.165) is 90.3 Å². The van der Waals surface area contributed by atoms with E-state index in [1.165, 1.54) is 0 Å². The number of amides is 2. The molecule has 0 bridgehead atoms. The lowest BCUT2D eigenvalue weighted by Crippen LogP contribution is -2.58. The number of pyridine rings is 1. The van der Waals surface area contributed by atoms with Crippen molar-refractivity contribution in [3.8, 4) is 0 Å². The van der Waals surface area contributed by atoms with E-state index in [0.29, 0.717) is 6.04 Å². The highest BCUT2D eigenvalue weighted by Crippen LogP contribution is 2.37. The number of anilines is 1. The van der Waals surface area contributed by atoms with Crippen LogP contribution in [0, 0.1) is 0 Å². The molecular weight excluding hydrogens is 366 g/mol. The van der Waals surface area contributed by atoms with Gasteiger partial charge in [0.1, 0.15) is 5.82 Å². The van der Waals surface area contributed by atoms with Crippen molar-refractivity contribution in [2.45, 2.75) is 50.7 Å². The molecular formula is C22H35N5O2. The summed E-state index contributed by atoms with van der Waals surface area (Å²) in [5, 5.41) is 3.00. The Morgan fingerprint density at radius 3 is 2.69 bits per heavy atom. The number of nitrogens with one attached hydrogen (secondary N) is 1. The van der Waals surface area contributed by atoms with Crippen LogP contribution in [0.2, 0.25) is 0 Å². The number of ether oxygens (including phenoxy) is 1. The van der Waals surface area contributed by atoms with Gasteiger partial charge in [0.2, 0.25) is 0 Å². The van der Waals surface area contributed by atoms with Gasteiger partial charge in [-0.3, -0.25) is 4.90 Å². The van der Waals surface area contributed by atoms with Gasteiger partial charge in [0.25, 0.3) is 0 Å². The molecule has 3 saturated heterocycles. The second-order valence-corrected chi connectivity index (χ2v) is 8.61. The Hall–Kier alpha value is -1.86. The molecule has 0 aliphatic carbocycles. The van der Waals surface area contributed by atoms with E-state index in [-0.39, 0.29) is 11.6 Å². The van der Waals surface area contributed by atoms with Gasteiger partial charge in [-0.05, 0) is 44.2 Å². The number of piperazine rings is 1. The van der Waals surface area contributed by atoms with Gasteiger partial charge in [0.15, 0.2) is 0 Å². The number of aromatic nitrogens is 1. The lowest BCUT2D eigenvalue weighted by Gasteiger charge is -2.49. The number of piperidine rings is 1. The molecule has 1 spiro atoms. The smallest absolute Gasteiger partial charge is 0.317 e. The largest absolute Gasteiger partial charge is 0.375 e. The van der Waals surface area contributed by atoms with Gasteiger partial charge < -0.3 is 19.9 Å². The van der Waals surface area contributed by atoms with Crippen LogP contribution in [0.5, 0.6) is 0 Å². The number of carbonyl (C=O) groups is 1. The Bertz CT molecular complexity index is 654. The van der Waals surface area contributed by atoms with Crippen LogP contribution in [0.1, 0.15) is 39.0 Å². The summed E-state index contributed by atoms with van der Waals surface area (Å²) in [5.74, 6) is 1.09. The summed E-state index contributed by atoms with van der Waals surface area (Å²) in [6.45, 7) is 9.52. The molecule has 1 N–H and O–H groups in total. The first-order valence-corrected chi connectivity index (χ1v) is 11.3. The molecule has 160 valence electrons. The van der Waals surface area contributed by atoms with Gasteiger partial charge in [-0.1, -0.05) is 13.0 Å². The molecule has 3 aliphatic heterocycles. The summed E-state index contributed by atoms with van der Waals surface area (Å²) < 4.78 is 6.32. The van der Waals surface area contributed by atoms with Crippen LogP contribution in [0.25, 0.3) is 0 Å². The molecule has 0 radical (unpaired) electrons. The molecule has 3 fully saturated rings. The van der Waals surface area contributed by atoms with Gasteiger partial charge in [-0.25, -0.2) is 9.78 Å². The first-order valence-electron chi connectivity index (χ1n) is 11.3. The SMILES string of the molecule is CCCNC(=O)N1CCC2(CC1)C[C@@H](N1CCN(c3ccccn3)CC1)CCO2. The van der Waals surface area contributed by atoms with Crippen molar-refractivity contribution in [1.29, 1.82) is 0 Å². The average molecular weight is 402 g/mol. The second kappa shape index (κ2) is 9.30. The van der Waals surface area contributed by atoms with Crippen LogP contribution >= 0.6 is 0 Å². The zero-order valence-corrected chi connectivity index (χ0v) is 17.7. The predicted octanol–water partition coefficient (Wildman–Crippen LogP) is 2.34. The number of carbonyl (C=O) groups excluding carboxylic acids is 1. The highest BCUT2D eigenvalue weighted by Gasteiger charge is 2.42. The van der Waals surface area contributed by atoms with Crippen molar-refractivity contribution in [3.05, 3.63) is 24.4 Å². The van der Waals surface area contributed by atoms with E-state index in [1.54, 1.807) is 0 Å². The quantitative estimate of drug-likeness (QED) is 0.839. The predicted molar refractivity (Wildman–Crippen MR) is 114 cm³/mol. The van der Waals surface area contributed by atoms with Crippen molar-refractivity contribution in [3.63, 3.8) is 0 Å². The maximum Gasteiger partial charge on any atom is 0.317 e. The van der Waals surface area contributed by atoms with E-state index < -0.39 is 0 Å². The van der Waals surface area contributed by atoms with E-state index in [1.807, 2.05) is 17.2 Å². The van der Waals surface area contributed by atoms with Gasteiger partial charge in [-0.15, -0.1) is 0 Å². The Kier molecular flexibility index (Phi) is 6.55. The highest BCUT2D eigenvalue weighted by molar-refractivity contribution is 5.74. The monoisotopic (exact) mass is 401 g/mol. The van der Waals surface area contributed by atoms with Crippen LogP contribution < -0.4 is 10.2 Å². The number of nitrogens with zero attached hydrogens (tertiary/aromatic N) is 4. The summed E-state index contributed by atoms with van der Waals surface area (Å²) in [6.07, 6.45) is 6.97. The first kappa shape index (κ1) is 20.4. The van der Waals surface area contributed by atoms with Gasteiger partial charge in [0.05, 0.1) is 5.60 Å². The summed E-state index contributed by atoms with van der Waals surface area (Å²) in [5.41, 5.74) is -0.0391. The van der Waals surface area contributed by atoms with Crippen molar-refractivity contribution < 1.29 is 9.53 Å². The number of urea groups is 1. The molecule has 7 heteroatoms. The van der Waals surface area contributed by atoms with E-state index in [4.69, 9.17) is 4.74 Å². The lowest BCUT2D eigenvalue weighted by molar-refractivity contribution is -0.129. The molecule has 1 aromatic heterocycles. The number of hydrogen-bond donors (Lipinski definition) is 1. The molecule has 4 heterocycles. The maximum absolute atomic E-state index is 12.2. The summed E-state index contributed by atoms with van der Waals surface area (Å²) in [7, 11) is 0. The number of hydrogen-bond acceptors (Lipinski definition) is 5. The normalized spacial score (nSPS) is 25.2. The first-order chi connectivity index (χ1) is 14.2. The third-order valence-corrected chi connectivity index (χ3v) is 6.76. The molecule has 0 unspecified atom stereocenters. The second-order valence-electron chi connectivity index (χ2n) is 8.61. The van der Waals surface area contributed by atoms with Crippen molar-refractivity contribution in [2.24, 2.45) is 0 Å². The van der Waals surface area contributed by atoms with Crippen LogP contribution in [0.4, 0.5) is 10.6 Å². The molecule has 0 aromatic carbocycles. The Morgan fingerprint density at radius 2 is 2.00 bits per heavy atom. The van der Waals surface area contributed by atoms with Crippen molar-refractivity contribution >= 4 is 11.8 Å². The molecule has 3 aliphatic rings. The fourth-order valence-electron chi connectivity index (χ4n) is 4.98. The number of likely N-dealkylation sites (tertiary alicyclic amines) is 1. The molecule has 0 saturated carbocycles. The fraction of sp³-hybridized carbons (Fsp3) is 0.727. The van der Waals surface area contributed by atoms with Crippen molar-refractivity contribution in [1.82, 2.24) is 20.1 Å². The molecule has 2 amide bonds. The summed E-state index contributed by atoms with van der Waals surface area (Å²) >= 11 is 0. The minimum atomic E-state index is -0.0391. The minimum Gasteiger partial charge on any atom is -0.375 e.